The van der Waals surface area contributed by atoms with Crippen molar-refractivity contribution in [1.29, 1.82) is 0 Å². The van der Waals surface area contributed by atoms with Crippen molar-refractivity contribution in [3.05, 3.63) is 66.7 Å². The fourth-order valence-corrected chi connectivity index (χ4v) is 4.06. The summed E-state index contributed by atoms with van der Waals surface area (Å²) in [6.45, 7) is 3.75. The Hall–Kier alpha value is -1.50. The summed E-state index contributed by atoms with van der Waals surface area (Å²) in [7, 11) is 0. The second-order valence-electron chi connectivity index (χ2n) is 3.32. The van der Waals surface area contributed by atoms with Gasteiger partial charge in [-0.1, -0.05) is 0 Å². The molecule has 16 heavy (non-hydrogen) atoms. The van der Waals surface area contributed by atoms with Crippen molar-refractivity contribution in [3.8, 4) is 0 Å². The average Bonchev–Trinajstić information content (AvgIpc) is 2.39. The third kappa shape index (κ3) is 2.19. The van der Waals surface area contributed by atoms with Crippen LogP contribution in [0.4, 0.5) is 0 Å². The molecule has 0 aliphatic rings. The van der Waals surface area contributed by atoms with E-state index in [9.17, 15) is 3.83 Å². The molecule has 0 spiro atoms. The topological polar surface area (TPSA) is 17.1 Å². The van der Waals surface area contributed by atoms with Crippen LogP contribution in [0.25, 0.3) is 6.08 Å². The molecular weight excluding hydrogens is 263 g/mol. The van der Waals surface area contributed by atoms with E-state index in [1.54, 1.807) is 6.08 Å². The molecule has 1 atom stereocenters. The summed E-state index contributed by atoms with van der Waals surface area (Å²) in [4.78, 5) is 0. The zero-order valence-corrected chi connectivity index (χ0v) is 10.5. The summed E-state index contributed by atoms with van der Waals surface area (Å²) in [6.07, 6.45) is 1.76. The molecule has 2 aromatic carbocycles. The zero-order chi connectivity index (χ0) is 11.4. The van der Waals surface area contributed by atoms with Gasteiger partial charge in [0.05, 0.1) is 0 Å². The van der Waals surface area contributed by atoms with E-state index in [-0.39, 0.29) is 0 Å². The van der Waals surface area contributed by atoms with Gasteiger partial charge in [0.15, 0.2) is 0 Å². The van der Waals surface area contributed by atoms with Gasteiger partial charge in [-0.15, -0.1) is 0 Å². The maximum absolute atomic E-state index is 12.4. The van der Waals surface area contributed by atoms with E-state index in [0.29, 0.717) is 0 Å². The van der Waals surface area contributed by atoms with Gasteiger partial charge >= 0.3 is 99.4 Å². The predicted molar refractivity (Wildman–Crippen MR) is 68.7 cm³/mol. The number of hydrogen-bond acceptors (Lipinski definition) is 1. The van der Waals surface area contributed by atoms with E-state index in [0.717, 1.165) is 14.5 Å². The van der Waals surface area contributed by atoms with Crippen molar-refractivity contribution < 1.29 is 3.83 Å². The van der Waals surface area contributed by atoms with Crippen LogP contribution in [0, 0.1) is 0 Å². The van der Waals surface area contributed by atoms with Crippen LogP contribution in [0.2, 0.25) is 0 Å². The van der Waals surface area contributed by atoms with Crippen LogP contribution in [0.15, 0.2) is 61.2 Å². The van der Waals surface area contributed by atoms with Crippen molar-refractivity contribution in [1.82, 2.24) is 0 Å². The number of hydrogen-bond donors (Lipinski definition) is 0. The maximum atomic E-state index is 12.4. The van der Waals surface area contributed by atoms with Crippen molar-refractivity contribution >= 4 is 28.8 Å². The molecular formula is C14H12OSe. The van der Waals surface area contributed by atoms with Crippen molar-refractivity contribution in [2.24, 2.45) is 0 Å². The Labute approximate surface area is 99.5 Å². The Morgan fingerprint density at radius 3 is 2.25 bits per heavy atom. The molecule has 0 fully saturated rings. The van der Waals surface area contributed by atoms with Crippen LogP contribution in [0.3, 0.4) is 0 Å². The molecule has 2 heteroatoms. The normalized spacial score (nSPS) is 12.0. The van der Waals surface area contributed by atoms with Crippen molar-refractivity contribution in [2.45, 2.75) is 0 Å². The standard InChI is InChI=1S/C14H12OSe/c1-2-12-8-6-7-11-14(12)16(15)13-9-4-3-5-10-13/h2-11H,1H2. The van der Waals surface area contributed by atoms with E-state index in [2.05, 4.69) is 6.58 Å². The summed E-state index contributed by atoms with van der Waals surface area (Å²) in [5.41, 5.74) is 0.964. The first kappa shape index (κ1) is 11.0. The summed E-state index contributed by atoms with van der Waals surface area (Å²) in [5.74, 6) is 0. The first-order valence-corrected chi connectivity index (χ1v) is 7.42. The second kappa shape index (κ2) is 5.02. The van der Waals surface area contributed by atoms with Gasteiger partial charge in [0.2, 0.25) is 0 Å². The molecule has 0 aliphatic carbocycles. The van der Waals surface area contributed by atoms with Crippen molar-refractivity contribution in [2.75, 3.05) is 0 Å². The first-order chi connectivity index (χ1) is 7.83. The monoisotopic (exact) mass is 276 g/mol. The van der Waals surface area contributed by atoms with Gasteiger partial charge < -0.3 is 0 Å². The van der Waals surface area contributed by atoms with Crippen LogP contribution >= 0.6 is 0 Å². The Bertz CT molecular complexity index is 517. The Morgan fingerprint density at radius 2 is 1.56 bits per heavy atom. The van der Waals surface area contributed by atoms with Crippen LogP contribution in [0.5, 0.6) is 0 Å². The molecule has 0 aromatic heterocycles. The molecule has 0 saturated heterocycles. The van der Waals surface area contributed by atoms with Gasteiger partial charge in [0, 0.05) is 0 Å². The van der Waals surface area contributed by atoms with E-state index in [1.807, 2.05) is 54.6 Å². The molecule has 1 unspecified atom stereocenters. The number of benzene rings is 2. The average molecular weight is 275 g/mol. The molecule has 0 radical (unpaired) electrons. The van der Waals surface area contributed by atoms with Crippen LogP contribution < -0.4 is 8.92 Å². The predicted octanol–water partition coefficient (Wildman–Crippen LogP) is 1.87. The minimum absolute atomic E-state index is 0.906. The molecule has 80 valence electrons. The van der Waals surface area contributed by atoms with Crippen LogP contribution in [-0.2, 0) is 3.83 Å². The summed E-state index contributed by atoms with van der Waals surface area (Å²) >= 11 is -2.15. The zero-order valence-electron chi connectivity index (χ0n) is 8.80. The molecule has 0 amide bonds. The fourth-order valence-electron chi connectivity index (χ4n) is 1.49. The van der Waals surface area contributed by atoms with Gasteiger partial charge in [0.25, 0.3) is 0 Å². The molecule has 0 saturated carbocycles. The van der Waals surface area contributed by atoms with Gasteiger partial charge in [-0.25, -0.2) is 0 Å². The SMILES string of the molecule is C=Cc1ccccc1[Se](=O)c1ccccc1. The third-order valence-corrected chi connectivity index (χ3v) is 5.38. The molecule has 2 aromatic rings. The molecule has 0 N–H and O–H groups in total. The van der Waals surface area contributed by atoms with Gasteiger partial charge in [-0.05, 0) is 0 Å². The van der Waals surface area contributed by atoms with E-state index < -0.39 is 13.8 Å². The summed E-state index contributed by atoms with van der Waals surface area (Å²) in [5, 5.41) is 0. The van der Waals surface area contributed by atoms with E-state index in [4.69, 9.17) is 0 Å². The van der Waals surface area contributed by atoms with Gasteiger partial charge in [0.1, 0.15) is 0 Å². The number of rotatable bonds is 3. The summed E-state index contributed by atoms with van der Waals surface area (Å²) in [6, 6.07) is 17.3. The third-order valence-electron chi connectivity index (χ3n) is 2.30. The second-order valence-corrected chi connectivity index (χ2v) is 6.36. The Morgan fingerprint density at radius 1 is 0.938 bits per heavy atom. The Kier molecular flexibility index (Phi) is 3.45. The first-order valence-electron chi connectivity index (χ1n) is 5.01. The molecule has 1 nitrogen and oxygen atoms in total. The quantitative estimate of drug-likeness (QED) is 0.782. The molecule has 0 heterocycles. The summed E-state index contributed by atoms with van der Waals surface area (Å²) < 4.78 is 14.2. The minimum atomic E-state index is -2.15. The fraction of sp³-hybridized carbons (Fsp3) is 0. The van der Waals surface area contributed by atoms with Crippen LogP contribution in [-0.4, -0.2) is 13.8 Å². The molecule has 0 aliphatic heterocycles. The van der Waals surface area contributed by atoms with E-state index in [1.165, 1.54) is 0 Å². The molecule has 2 rings (SSSR count). The van der Waals surface area contributed by atoms with Gasteiger partial charge in [-0.3, -0.25) is 0 Å². The van der Waals surface area contributed by atoms with Gasteiger partial charge in [-0.2, -0.15) is 0 Å². The van der Waals surface area contributed by atoms with Crippen LogP contribution in [0.1, 0.15) is 5.56 Å². The Balaban J connectivity index is 2.46. The molecule has 0 bridgehead atoms. The van der Waals surface area contributed by atoms with Crippen molar-refractivity contribution in [3.63, 3.8) is 0 Å². The van der Waals surface area contributed by atoms with E-state index >= 15 is 0 Å².